The summed E-state index contributed by atoms with van der Waals surface area (Å²) in [5.74, 6) is 0.301. The summed E-state index contributed by atoms with van der Waals surface area (Å²) in [5, 5.41) is 12.8. The number of benzene rings is 1. The third kappa shape index (κ3) is 4.23. The molecule has 104 valence electrons. The number of aryl methyl sites for hydroxylation is 1. The molecule has 1 aliphatic heterocycles. The highest BCUT2D eigenvalue weighted by atomic mass is 32.2. The molecule has 1 unspecified atom stereocenters. The Morgan fingerprint density at radius 1 is 1.53 bits per heavy atom. The van der Waals surface area contributed by atoms with Crippen LogP contribution < -0.4 is 5.32 Å². The topological polar surface area (TPSA) is 58.6 Å². The first-order chi connectivity index (χ1) is 9.09. The van der Waals surface area contributed by atoms with Gasteiger partial charge in [0.05, 0.1) is 12.4 Å². The summed E-state index contributed by atoms with van der Waals surface area (Å²) >= 11 is 1.51. The molecule has 0 radical (unpaired) electrons. The number of carbonyl (C=O) groups is 1. The van der Waals surface area contributed by atoms with Crippen LogP contribution in [0.15, 0.2) is 29.2 Å². The molecule has 1 aliphatic rings. The van der Waals surface area contributed by atoms with Crippen molar-refractivity contribution in [2.24, 2.45) is 0 Å². The molecule has 0 aliphatic carbocycles. The van der Waals surface area contributed by atoms with E-state index in [9.17, 15) is 9.90 Å². The van der Waals surface area contributed by atoms with Gasteiger partial charge in [-0.2, -0.15) is 0 Å². The second-order valence-corrected chi connectivity index (χ2v) is 5.88. The van der Waals surface area contributed by atoms with Crippen molar-refractivity contribution >= 4 is 17.7 Å². The van der Waals surface area contributed by atoms with Crippen molar-refractivity contribution in [2.75, 3.05) is 25.5 Å². The van der Waals surface area contributed by atoms with Gasteiger partial charge < -0.3 is 15.2 Å². The van der Waals surface area contributed by atoms with Gasteiger partial charge in [-0.25, -0.2) is 0 Å². The van der Waals surface area contributed by atoms with Gasteiger partial charge in [0.2, 0.25) is 5.91 Å². The van der Waals surface area contributed by atoms with Crippen molar-refractivity contribution in [3.05, 3.63) is 29.8 Å². The first kappa shape index (κ1) is 14.4. The quantitative estimate of drug-likeness (QED) is 0.800. The van der Waals surface area contributed by atoms with Gasteiger partial charge in [-0.3, -0.25) is 4.79 Å². The number of hydrogen-bond acceptors (Lipinski definition) is 4. The van der Waals surface area contributed by atoms with E-state index in [1.54, 1.807) is 0 Å². The highest BCUT2D eigenvalue weighted by Gasteiger charge is 2.32. The van der Waals surface area contributed by atoms with Gasteiger partial charge in [0.25, 0.3) is 0 Å². The van der Waals surface area contributed by atoms with Crippen LogP contribution in [0.5, 0.6) is 0 Å². The minimum Gasteiger partial charge on any atom is -0.386 e. The van der Waals surface area contributed by atoms with Crippen LogP contribution in [0, 0.1) is 6.92 Å². The lowest BCUT2D eigenvalue weighted by atomic mass is 10.0. The molecule has 0 spiro atoms. The number of carbonyl (C=O) groups excluding carboxylic acids is 1. The van der Waals surface area contributed by atoms with E-state index in [0.29, 0.717) is 25.4 Å². The van der Waals surface area contributed by atoms with Crippen LogP contribution in [-0.4, -0.2) is 42.1 Å². The summed E-state index contributed by atoms with van der Waals surface area (Å²) in [6, 6.07) is 7.98. The van der Waals surface area contributed by atoms with Crippen LogP contribution in [0.4, 0.5) is 0 Å². The Hall–Kier alpha value is -1.04. The summed E-state index contributed by atoms with van der Waals surface area (Å²) in [7, 11) is 0. The third-order valence-electron chi connectivity index (χ3n) is 3.15. The standard InChI is InChI=1S/C14H19NO3S/c1-11-4-2-3-5-12(11)19-8-13(16)15-9-14(17)6-7-18-10-14/h2-5,17H,6-10H2,1H3,(H,15,16). The lowest BCUT2D eigenvalue weighted by Gasteiger charge is -2.20. The maximum Gasteiger partial charge on any atom is 0.230 e. The van der Waals surface area contributed by atoms with E-state index in [0.717, 1.165) is 4.90 Å². The van der Waals surface area contributed by atoms with Gasteiger partial charge in [0.1, 0.15) is 5.60 Å². The van der Waals surface area contributed by atoms with Crippen molar-refractivity contribution in [3.8, 4) is 0 Å². The molecule has 2 rings (SSSR count). The Morgan fingerprint density at radius 2 is 2.32 bits per heavy atom. The van der Waals surface area contributed by atoms with Crippen LogP contribution in [0.3, 0.4) is 0 Å². The molecule has 19 heavy (non-hydrogen) atoms. The van der Waals surface area contributed by atoms with Crippen LogP contribution in [-0.2, 0) is 9.53 Å². The number of aliphatic hydroxyl groups is 1. The number of amides is 1. The van der Waals surface area contributed by atoms with E-state index >= 15 is 0 Å². The molecule has 1 heterocycles. The lowest BCUT2D eigenvalue weighted by molar-refractivity contribution is -0.119. The summed E-state index contributed by atoms with van der Waals surface area (Å²) in [5.41, 5.74) is 0.284. The van der Waals surface area contributed by atoms with Crippen molar-refractivity contribution in [1.82, 2.24) is 5.32 Å². The average molecular weight is 281 g/mol. The number of rotatable bonds is 5. The van der Waals surface area contributed by atoms with Gasteiger partial charge in [-0.05, 0) is 18.6 Å². The van der Waals surface area contributed by atoms with Crippen LogP contribution in [0.2, 0.25) is 0 Å². The van der Waals surface area contributed by atoms with Crippen molar-refractivity contribution in [3.63, 3.8) is 0 Å². The number of hydrogen-bond donors (Lipinski definition) is 2. The Labute approximate surface area is 117 Å². The Balaban J connectivity index is 1.74. The Bertz CT molecular complexity index is 444. The van der Waals surface area contributed by atoms with Gasteiger partial charge >= 0.3 is 0 Å². The molecule has 1 fully saturated rings. The molecule has 1 amide bonds. The zero-order valence-corrected chi connectivity index (χ0v) is 11.8. The molecule has 0 saturated carbocycles. The van der Waals surface area contributed by atoms with Gasteiger partial charge in [0, 0.05) is 24.5 Å². The van der Waals surface area contributed by atoms with Crippen LogP contribution in [0.25, 0.3) is 0 Å². The minimum absolute atomic E-state index is 0.0615. The summed E-state index contributed by atoms with van der Waals surface area (Å²) in [6.45, 7) is 3.15. The average Bonchev–Trinajstić information content (AvgIpc) is 2.83. The maximum atomic E-state index is 11.7. The molecular weight excluding hydrogens is 262 g/mol. The summed E-state index contributed by atoms with van der Waals surface area (Å²) < 4.78 is 5.13. The maximum absolute atomic E-state index is 11.7. The van der Waals surface area contributed by atoms with E-state index in [-0.39, 0.29) is 12.5 Å². The second-order valence-electron chi connectivity index (χ2n) is 4.86. The second kappa shape index (κ2) is 6.41. The molecular formula is C14H19NO3S. The lowest BCUT2D eigenvalue weighted by Crippen LogP contribution is -2.43. The largest absolute Gasteiger partial charge is 0.386 e. The van der Waals surface area contributed by atoms with Crippen LogP contribution >= 0.6 is 11.8 Å². The SMILES string of the molecule is Cc1ccccc1SCC(=O)NCC1(O)CCOC1. The van der Waals surface area contributed by atoms with E-state index in [1.165, 1.54) is 17.3 Å². The van der Waals surface area contributed by atoms with E-state index in [2.05, 4.69) is 5.32 Å². The highest BCUT2D eigenvalue weighted by molar-refractivity contribution is 8.00. The fourth-order valence-corrected chi connectivity index (χ4v) is 2.77. The predicted molar refractivity (Wildman–Crippen MR) is 75.3 cm³/mol. The molecule has 0 aromatic heterocycles. The number of ether oxygens (including phenoxy) is 1. The van der Waals surface area contributed by atoms with Crippen molar-refractivity contribution in [1.29, 1.82) is 0 Å². The van der Waals surface area contributed by atoms with E-state index in [4.69, 9.17) is 4.74 Å². The third-order valence-corrected chi connectivity index (χ3v) is 4.33. The van der Waals surface area contributed by atoms with Gasteiger partial charge in [0.15, 0.2) is 0 Å². The zero-order valence-electron chi connectivity index (χ0n) is 11.0. The van der Waals surface area contributed by atoms with Gasteiger partial charge in [-0.1, -0.05) is 18.2 Å². The molecule has 1 saturated heterocycles. The normalized spacial score (nSPS) is 22.4. The summed E-state index contributed by atoms with van der Waals surface area (Å²) in [6.07, 6.45) is 0.582. The van der Waals surface area contributed by atoms with Gasteiger partial charge in [-0.15, -0.1) is 11.8 Å². The molecule has 1 aromatic rings. The van der Waals surface area contributed by atoms with Crippen molar-refractivity contribution < 1.29 is 14.6 Å². The molecule has 2 N–H and O–H groups in total. The molecule has 0 bridgehead atoms. The first-order valence-corrected chi connectivity index (χ1v) is 7.33. The highest BCUT2D eigenvalue weighted by Crippen LogP contribution is 2.21. The zero-order chi connectivity index (χ0) is 13.7. The molecule has 5 heteroatoms. The van der Waals surface area contributed by atoms with Crippen LogP contribution in [0.1, 0.15) is 12.0 Å². The van der Waals surface area contributed by atoms with E-state index in [1.807, 2.05) is 31.2 Å². The Morgan fingerprint density at radius 3 is 3.00 bits per heavy atom. The Kier molecular flexibility index (Phi) is 4.85. The number of thioether (sulfide) groups is 1. The number of nitrogens with one attached hydrogen (secondary N) is 1. The molecule has 1 aromatic carbocycles. The minimum atomic E-state index is -0.886. The monoisotopic (exact) mass is 281 g/mol. The summed E-state index contributed by atoms with van der Waals surface area (Å²) in [4.78, 5) is 12.9. The molecule has 1 atom stereocenters. The smallest absolute Gasteiger partial charge is 0.230 e. The fraction of sp³-hybridized carbons (Fsp3) is 0.500. The fourth-order valence-electron chi connectivity index (χ4n) is 1.91. The molecule has 4 nitrogen and oxygen atoms in total. The van der Waals surface area contributed by atoms with Crippen molar-refractivity contribution in [2.45, 2.75) is 23.8 Å². The first-order valence-electron chi connectivity index (χ1n) is 6.34. The van der Waals surface area contributed by atoms with E-state index < -0.39 is 5.60 Å². The predicted octanol–water partition coefficient (Wildman–Crippen LogP) is 1.35.